The van der Waals surface area contributed by atoms with E-state index in [0.29, 0.717) is 0 Å². The number of fused-ring (bicyclic) bond motifs is 3. The number of aromatic nitrogens is 3. The average molecular weight is 2020 g/mol. The van der Waals surface area contributed by atoms with Crippen molar-refractivity contribution < 1.29 is 9.31 Å². The molecule has 1 aliphatic heterocycles. The topological polar surface area (TPSA) is 95.2 Å². The van der Waals surface area contributed by atoms with E-state index < -0.39 is 0 Å². The zero-order chi connectivity index (χ0) is 91.8. The minimum absolute atomic E-state index is 0. The van der Waals surface area contributed by atoms with Gasteiger partial charge in [-0.25, -0.2) is 4.98 Å². The molecule has 6 aromatic heterocycles. The summed E-state index contributed by atoms with van der Waals surface area (Å²) in [6.45, 7) is 28.5. The lowest BCUT2D eigenvalue weighted by molar-refractivity contribution is 0.00578. The Hall–Kier alpha value is -10.9. The molecule has 7 nitrogen and oxygen atoms in total. The smallest absolute Gasteiger partial charge is 0.494 e. The molecule has 3 N–H and O–H groups in total. The normalized spacial score (nSPS) is 12.6. The number of nitrogens with zero attached hydrogens (tertiary/aromatic N) is 3. The van der Waals surface area contributed by atoms with E-state index in [1.807, 2.05) is 108 Å². The molecule has 20 rings (SSSR count). The lowest BCUT2D eigenvalue weighted by Gasteiger charge is -3.00. The lowest BCUT2D eigenvalue weighted by atomic mass is 9.78. The van der Waals surface area contributed by atoms with Crippen LogP contribution in [-0.4, -0.2) is 33.3 Å². The quantitative estimate of drug-likeness (QED) is 0.0514. The number of benzene rings is 13. The Balaban J connectivity index is 0.000000141. The number of nitrogens with two attached hydrogens (primary N) is 1. The maximum atomic E-state index is 6.15. The molecule has 16 heteroatoms. The van der Waals surface area contributed by atoms with Gasteiger partial charge < -0.3 is 40.2 Å². The first kappa shape index (κ1) is 98.1. The van der Waals surface area contributed by atoms with Crippen LogP contribution in [0.1, 0.15) is 107 Å². The van der Waals surface area contributed by atoms with E-state index >= 15 is 0 Å². The zero-order valence-corrected chi connectivity index (χ0v) is 86.1. The van der Waals surface area contributed by atoms with Gasteiger partial charge in [-0.1, -0.05) is 361 Å². The van der Waals surface area contributed by atoms with E-state index in [1.165, 1.54) is 117 Å². The SMILES string of the molecule is CC(C)(C)c1ccc(-c2cc3ccnc(-c4cc(Br)cc(-c5ccccc5)c4)c3s2)cc1.CC(C)(C)c1ccc(-c2cc3ccnc(-c4cc(Nc5ccccc5-c5ccccc5)cc(-c5ccccc5)c4)c3s2)cc1.CC(C)(C)c1ccc(-c2cc3ccnc(Br)c3s2)cc1.CC1(C)OB(c2cc(Br)cc(-c3ccccc3)c2)OC1(C)C.Nc1ccccc1-c1ccccc1.[P-3].[PH-2]. The third kappa shape index (κ3) is 23.9. The van der Waals surface area contributed by atoms with Gasteiger partial charge in [0.15, 0.2) is 0 Å². The largest absolute Gasteiger partial charge is 3.00 e. The van der Waals surface area contributed by atoms with Gasteiger partial charge in [-0.15, -0.1) is 34.0 Å². The number of hydrogen-bond donors (Lipinski definition) is 2. The summed E-state index contributed by atoms with van der Waals surface area (Å²) in [6, 6.07) is 128. The summed E-state index contributed by atoms with van der Waals surface area (Å²) in [5.41, 5.74) is 33.4. The predicted octanol–water partition coefficient (Wildman–Crippen LogP) is 36.2. The van der Waals surface area contributed by atoms with Gasteiger partial charge in [0.05, 0.1) is 36.7 Å². The van der Waals surface area contributed by atoms with Crippen molar-refractivity contribution in [2.75, 3.05) is 11.1 Å². The summed E-state index contributed by atoms with van der Waals surface area (Å²) in [6.07, 6.45) is 5.69. The van der Waals surface area contributed by atoms with Gasteiger partial charge in [0.25, 0.3) is 0 Å². The van der Waals surface area contributed by atoms with Crippen LogP contribution in [0.2, 0.25) is 0 Å². The minimum atomic E-state index is -0.343. The van der Waals surface area contributed by atoms with Crippen LogP contribution >= 0.6 is 102 Å². The molecule has 1 aliphatic rings. The summed E-state index contributed by atoms with van der Waals surface area (Å²) in [4.78, 5) is 17.9. The molecule has 7 heterocycles. The molecule has 0 amide bonds. The van der Waals surface area contributed by atoms with Crippen LogP contribution in [-0.2, 0) is 25.6 Å². The number of hydrogen-bond acceptors (Lipinski definition) is 10. The van der Waals surface area contributed by atoms with Crippen LogP contribution in [0.4, 0.5) is 17.1 Å². The molecular formula is C117H106BBr3N5O2P2S3-5. The highest BCUT2D eigenvalue weighted by Crippen LogP contribution is 2.46. The average Bonchev–Trinajstić information content (AvgIpc) is 1.37. The maximum Gasteiger partial charge on any atom is 0.494 e. The fourth-order valence-corrected chi connectivity index (χ4v) is 20.8. The van der Waals surface area contributed by atoms with Gasteiger partial charge in [-0.05, 0) is 256 Å². The van der Waals surface area contributed by atoms with Crippen LogP contribution in [0, 0.1) is 0 Å². The molecule has 133 heavy (non-hydrogen) atoms. The summed E-state index contributed by atoms with van der Waals surface area (Å²) in [7, 11) is -0.343. The molecule has 1 saturated heterocycles. The van der Waals surface area contributed by atoms with E-state index in [1.54, 1.807) is 11.3 Å². The van der Waals surface area contributed by atoms with Gasteiger partial charge in [-0.3, -0.25) is 9.97 Å². The second-order valence-corrected chi connectivity index (χ2v) is 42.7. The number of pyridine rings is 3. The highest BCUT2D eigenvalue weighted by Gasteiger charge is 2.52. The minimum Gasteiger partial charge on any atom is -3.00 e. The third-order valence-corrected chi connectivity index (χ3v) is 29.2. The molecule has 668 valence electrons. The summed E-state index contributed by atoms with van der Waals surface area (Å²) >= 11 is 16.2. The Bertz CT molecular complexity index is 7150. The fourth-order valence-electron chi connectivity index (χ4n) is 15.8. The molecule has 0 aliphatic carbocycles. The predicted molar refractivity (Wildman–Crippen MR) is 590 cm³/mol. The van der Waals surface area contributed by atoms with E-state index in [9.17, 15) is 0 Å². The Morgan fingerprint density at radius 2 is 0.639 bits per heavy atom. The lowest BCUT2D eigenvalue weighted by Crippen LogP contribution is -2.41. The summed E-state index contributed by atoms with van der Waals surface area (Å²) < 4.78 is 18.9. The Morgan fingerprint density at radius 1 is 0.316 bits per heavy atom. The third-order valence-electron chi connectivity index (χ3n) is 23.8. The number of para-hydroxylation sites is 2. The van der Waals surface area contributed by atoms with Crippen molar-refractivity contribution >= 4 is 161 Å². The highest BCUT2D eigenvalue weighted by molar-refractivity contribution is 9.11. The van der Waals surface area contributed by atoms with Crippen molar-refractivity contribution in [3.8, 4) is 109 Å². The van der Waals surface area contributed by atoms with Crippen molar-refractivity contribution in [1.29, 1.82) is 0 Å². The molecular weight excluding hydrogens is 1920 g/mol. The van der Waals surface area contributed by atoms with Crippen LogP contribution in [0.5, 0.6) is 0 Å². The van der Waals surface area contributed by atoms with Crippen molar-refractivity contribution in [2.45, 2.75) is 117 Å². The van der Waals surface area contributed by atoms with E-state index in [-0.39, 0.29) is 54.4 Å². The number of rotatable bonds is 13. The number of halogens is 3. The molecule has 1 fully saturated rings. The Morgan fingerprint density at radius 3 is 1.05 bits per heavy atom. The Kier molecular flexibility index (Phi) is 31.5. The van der Waals surface area contributed by atoms with Crippen LogP contribution in [0.25, 0.3) is 140 Å². The fraction of sp³-hybridized carbons (Fsp3) is 0.154. The monoisotopic (exact) mass is 2020 g/mol. The van der Waals surface area contributed by atoms with Gasteiger partial charge in [0, 0.05) is 81.5 Å². The van der Waals surface area contributed by atoms with Crippen LogP contribution < -0.4 is 16.5 Å². The van der Waals surface area contributed by atoms with Crippen molar-refractivity contribution in [1.82, 2.24) is 15.0 Å². The van der Waals surface area contributed by atoms with Crippen LogP contribution in [0.3, 0.4) is 0 Å². The molecule has 0 bridgehead atoms. The van der Waals surface area contributed by atoms with Crippen molar-refractivity contribution in [3.63, 3.8) is 0 Å². The molecule has 0 spiro atoms. The molecule has 0 unspecified atom stereocenters. The molecule has 0 saturated carbocycles. The second kappa shape index (κ2) is 42.7. The number of nitrogens with one attached hydrogen (secondary N) is 1. The number of thiophene rings is 3. The van der Waals surface area contributed by atoms with Gasteiger partial charge >= 0.3 is 7.12 Å². The molecule has 19 aromatic rings. The van der Waals surface area contributed by atoms with Gasteiger partial charge in [0.2, 0.25) is 0 Å². The molecule has 0 atom stereocenters. The summed E-state index contributed by atoms with van der Waals surface area (Å²) in [5.74, 6) is 0. The first-order valence-electron chi connectivity index (χ1n) is 44.2. The highest BCUT2D eigenvalue weighted by atomic mass is 79.9. The standard InChI is InChI=1S/C41H34N2S.C29H24BrNS.C18H20BBrO2.C17H16BrNS.C12H11N.HP.P/c1-41(2,3)34-20-18-30(19-21-34)38-27-31-22-23-42-39(40(31)44-38)33-24-32(28-12-6-4-7-13-28)25-35(26-33)43-37-17-11-10-16-36(37)29-14-8-5-9-15-29;1-29(2,3)24-11-9-20(10-12-24)26-18-21-13-14-31-27(28(21)32-26)23-15-22(16-25(30)17-23)19-7-5-4-6-8-19;1-17(2)18(3,4)22-19(21-17)15-10-14(11-16(20)12-15)13-8-6-5-7-9-13;1-17(2,3)13-6-4-11(5-7-13)14-10-12-8-9-19-16(18)15(12)20-14;13-12-9-5-4-8-11(12)10-6-2-1-3-7-10;;/h4-27,43H,1-3H3;4-18H,1-3H3;5-12H,1-4H3;4-10H,1-3H3;1-9H,13H2;1H;/q;;;;;-2;-3. The van der Waals surface area contributed by atoms with E-state index in [2.05, 4.69) is 445 Å². The van der Waals surface area contributed by atoms with Crippen LogP contribution in [0.15, 0.2) is 396 Å². The number of anilines is 3. The zero-order valence-electron chi connectivity index (χ0n) is 77.0. The Labute approximate surface area is 829 Å². The van der Waals surface area contributed by atoms with Gasteiger partial charge in [0.1, 0.15) is 4.60 Å². The molecule has 0 radical (unpaired) electrons. The summed E-state index contributed by atoms with van der Waals surface area (Å²) in [5, 5.41) is 7.45. The van der Waals surface area contributed by atoms with Gasteiger partial charge in [-0.2, -0.15) is 0 Å². The maximum absolute atomic E-state index is 6.15. The van der Waals surface area contributed by atoms with Crippen molar-refractivity contribution in [2.24, 2.45) is 0 Å². The number of nitrogen functional groups attached to an aromatic ring is 1. The second-order valence-electron chi connectivity index (χ2n) is 37.0. The first-order valence-corrected chi connectivity index (χ1v) is 49.0. The first-order chi connectivity index (χ1) is 62.9. The molecule has 13 aromatic carbocycles. The van der Waals surface area contributed by atoms with Crippen molar-refractivity contribution in [3.05, 3.63) is 413 Å². The van der Waals surface area contributed by atoms with E-state index in [0.717, 1.165) is 75.3 Å². The van der Waals surface area contributed by atoms with E-state index in [4.69, 9.17) is 25.0 Å².